The smallest absolute Gasteiger partial charge is 0.435 e. The third-order valence-corrected chi connectivity index (χ3v) is 4.78. The van der Waals surface area contributed by atoms with Gasteiger partial charge in [-0.25, -0.2) is 0 Å². The predicted octanol–water partition coefficient (Wildman–Crippen LogP) is 4.86. The van der Waals surface area contributed by atoms with Crippen LogP contribution in [-0.4, -0.2) is 43.3 Å². The van der Waals surface area contributed by atoms with Crippen LogP contribution >= 0.6 is 0 Å². The molecule has 4 heteroatoms. The molecule has 0 spiro atoms. The summed E-state index contributed by atoms with van der Waals surface area (Å²) in [6, 6.07) is 17.5. The summed E-state index contributed by atoms with van der Waals surface area (Å²) in [4.78, 5) is 14.5. The van der Waals surface area contributed by atoms with E-state index < -0.39 is 6.09 Å². The molecule has 0 aliphatic rings. The summed E-state index contributed by atoms with van der Waals surface area (Å²) in [6.45, 7) is 7.63. The highest BCUT2D eigenvalue weighted by atomic mass is 16.4. The summed E-state index contributed by atoms with van der Waals surface area (Å²) < 4.78 is -0.202. The van der Waals surface area contributed by atoms with E-state index in [9.17, 15) is 9.90 Å². The zero-order chi connectivity index (χ0) is 18.7. The Kier molecular flexibility index (Phi) is 5.65. The van der Waals surface area contributed by atoms with E-state index >= 15 is 0 Å². The zero-order valence-corrected chi connectivity index (χ0v) is 15.9. The highest BCUT2D eigenvalue weighted by Gasteiger charge is 2.41. The minimum absolute atomic E-state index is 0.0713. The van der Waals surface area contributed by atoms with Gasteiger partial charge in [0.1, 0.15) is 11.4 Å². The summed E-state index contributed by atoms with van der Waals surface area (Å²) >= 11 is 0. The lowest BCUT2D eigenvalue weighted by atomic mass is 9.84. The summed E-state index contributed by atoms with van der Waals surface area (Å²) in [5.74, 6) is 0. The Morgan fingerprint density at radius 1 is 1.04 bits per heavy atom. The molecule has 25 heavy (non-hydrogen) atoms. The molecule has 1 atom stereocenters. The first-order valence-corrected chi connectivity index (χ1v) is 8.67. The largest absolute Gasteiger partial charge is 0.524 e. The summed E-state index contributed by atoms with van der Waals surface area (Å²) in [7, 11) is 4.11. The van der Waals surface area contributed by atoms with E-state index in [0.29, 0.717) is 6.54 Å². The molecule has 2 aromatic rings. The van der Waals surface area contributed by atoms with E-state index in [-0.39, 0.29) is 9.90 Å². The van der Waals surface area contributed by atoms with Crippen LogP contribution in [0, 0.1) is 0 Å². The minimum atomic E-state index is -0.865. The number of rotatable bonds is 6. The maximum Gasteiger partial charge on any atom is 0.524 e. The van der Waals surface area contributed by atoms with Crippen LogP contribution in [0.25, 0.3) is 0 Å². The third kappa shape index (κ3) is 3.75. The molecule has 0 saturated heterocycles. The van der Waals surface area contributed by atoms with Crippen LogP contribution in [0.15, 0.2) is 54.6 Å². The van der Waals surface area contributed by atoms with Gasteiger partial charge in [0.2, 0.25) is 0 Å². The molecule has 0 aromatic heterocycles. The van der Waals surface area contributed by atoms with Gasteiger partial charge in [-0.3, -0.25) is 0 Å². The Morgan fingerprint density at radius 3 is 2.16 bits per heavy atom. The van der Waals surface area contributed by atoms with Crippen molar-refractivity contribution in [3.8, 4) is 0 Å². The molecule has 0 fully saturated rings. The van der Waals surface area contributed by atoms with Crippen LogP contribution < -0.4 is 4.48 Å². The molecule has 1 N–H and O–H groups in total. The molecule has 2 rings (SSSR count). The molecular formula is C21H29N2O2+. The lowest BCUT2D eigenvalue weighted by Gasteiger charge is -2.33. The van der Waals surface area contributed by atoms with Crippen LogP contribution in [0.4, 0.5) is 16.2 Å². The molecule has 0 aliphatic carbocycles. The monoisotopic (exact) mass is 341 g/mol. The van der Waals surface area contributed by atoms with Gasteiger partial charge in [-0.2, -0.15) is 9.28 Å². The van der Waals surface area contributed by atoms with Crippen molar-refractivity contribution in [1.82, 2.24) is 9.38 Å². The second-order valence-electron chi connectivity index (χ2n) is 7.42. The third-order valence-electron chi connectivity index (χ3n) is 4.78. The van der Waals surface area contributed by atoms with Gasteiger partial charge in [-0.05, 0) is 26.6 Å². The first-order chi connectivity index (χ1) is 11.7. The first-order valence-electron chi connectivity index (χ1n) is 8.67. The topological polar surface area (TPSA) is 40.5 Å². The Bertz CT molecular complexity index is 726. The standard InChI is InChI=1S/C21H28N2O2/c1-6-23(20(24)25,18-12-8-7-9-13-18)19-14-10-11-17(15-19)21(2,3)16-22(4)5/h7-15H,6,16H2,1-5H3/p+1. The van der Waals surface area contributed by atoms with E-state index in [2.05, 4.69) is 38.9 Å². The van der Waals surface area contributed by atoms with Crippen LogP contribution in [-0.2, 0) is 5.41 Å². The van der Waals surface area contributed by atoms with Gasteiger partial charge < -0.3 is 10.0 Å². The molecule has 1 unspecified atom stereocenters. The second-order valence-corrected chi connectivity index (χ2v) is 7.42. The Balaban J connectivity index is 2.61. The van der Waals surface area contributed by atoms with E-state index in [1.54, 1.807) is 0 Å². The van der Waals surface area contributed by atoms with Crippen LogP contribution in [0.5, 0.6) is 0 Å². The molecule has 134 valence electrons. The van der Waals surface area contributed by atoms with Gasteiger partial charge in [0.25, 0.3) is 0 Å². The van der Waals surface area contributed by atoms with Crippen molar-refractivity contribution >= 4 is 17.5 Å². The number of amides is 1. The number of quaternary nitrogens is 1. The highest BCUT2D eigenvalue weighted by molar-refractivity contribution is 5.88. The number of nitrogens with zero attached hydrogens (tertiary/aromatic N) is 2. The second kappa shape index (κ2) is 7.38. The van der Waals surface area contributed by atoms with Gasteiger partial charge in [0.15, 0.2) is 0 Å². The SMILES string of the molecule is CC[N+](C(=O)O)(c1ccccc1)c1cccc(C(C)(C)CN(C)C)c1. The molecule has 0 bridgehead atoms. The van der Waals surface area contributed by atoms with Gasteiger partial charge in [-0.1, -0.05) is 44.2 Å². The van der Waals surface area contributed by atoms with Gasteiger partial charge >= 0.3 is 6.09 Å². The average molecular weight is 341 g/mol. The fourth-order valence-electron chi connectivity index (χ4n) is 3.60. The summed E-state index contributed by atoms with van der Waals surface area (Å²) in [5.41, 5.74) is 2.62. The normalized spacial score (nSPS) is 14.3. The number of para-hydroxylation sites is 1. The van der Waals surface area contributed by atoms with Crippen LogP contribution in [0.1, 0.15) is 26.3 Å². The lowest BCUT2D eigenvalue weighted by molar-refractivity contribution is 0.167. The van der Waals surface area contributed by atoms with Crippen molar-refractivity contribution in [2.75, 3.05) is 27.2 Å². The van der Waals surface area contributed by atoms with Gasteiger partial charge in [0.05, 0.1) is 6.54 Å². The molecule has 0 saturated carbocycles. The van der Waals surface area contributed by atoms with Crippen molar-refractivity contribution in [2.24, 2.45) is 0 Å². The van der Waals surface area contributed by atoms with Crippen LogP contribution in [0.3, 0.4) is 0 Å². The number of likely N-dealkylation sites (N-methyl/N-ethyl adjacent to an activating group) is 1. The molecule has 0 radical (unpaired) electrons. The van der Waals surface area contributed by atoms with Gasteiger partial charge in [0, 0.05) is 36.2 Å². The van der Waals surface area contributed by atoms with E-state index in [1.165, 1.54) is 0 Å². The van der Waals surface area contributed by atoms with Crippen molar-refractivity contribution in [1.29, 1.82) is 0 Å². The number of hydrogen-bond acceptors (Lipinski definition) is 2. The summed E-state index contributed by atoms with van der Waals surface area (Å²) in [5, 5.41) is 10.1. The van der Waals surface area contributed by atoms with Crippen molar-refractivity contribution in [2.45, 2.75) is 26.2 Å². The number of carboxylic acid groups (broad SMARTS) is 1. The Morgan fingerprint density at radius 2 is 1.64 bits per heavy atom. The fourth-order valence-corrected chi connectivity index (χ4v) is 3.60. The maximum absolute atomic E-state index is 12.4. The Hall–Kier alpha value is -2.17. The number of carbonyl (C=O) groups is 1. The Labute approximate surface area is 150 Å². The fraction of sp³-hybridized carbons (Fsp3) is 0.381. The number of benzene rings is 2. The maximum atomic E-state index is 12.4. The molecule has 0 aliphatic heterocycles. The number of hydrogen-bond donors (Lipinski definition) is 1. The van der Waals surface area contributed by atoms with E-state index in [1.807, 2.05) is 55.5 Å². The molecule has 2 aromatic carbocycles. The quantitative estimate of drug-likeness (QED) is 0.763. The molecule has 0 heterocycles. The molecule has 1 amide bonds. The van der Waals surface area contributed by atoms with Crippen molar-refractivity contribution < 1.29 is 9.90 Å². The minimum Gasteiger partial charge on any atom is -0.435 e. The van der Waals surface area contributed by atoms with Crippen molar-refractivity contribution in [3.05, 3.63) is 60.2 Å². The molecule has 4 nitrogen and oxygen atoms in total. The van der Waals surface area contributed by atoms with E-state index in [0.717, 1.165) is 23.5 Å². The zero-order valence-electron chi connectivity index (χ0n) is 15.9. The lowest BCUT2D eigenvalue weighted by Crippen LogP contribution is -2.48. The van der Waals surface area contributed by atoms with Gasteiger partial charge in [-0.15, -0.1) is 0 Å². The predicted molar refractivity (Wildman–Crippen MR) is 104 cm³/mol. The van der Waals surface area contributed by atoms with Crippen molar-refractivity contribution in [3.63, 3.8) is 0 Å². The average Bonchev–Trinajstić information content (AvgIpc) is 2.56. The highest BCUT2D eigenvalue weighted by Crippen LogP contribution is 2.37. The van der Waals surface area contributed by atoms with E-state index in [4.69, 9.17) is 0 Å². The molecular weight excluding hydrogens is 312 g/mol. The first kappa shape index (κ1) is 19.2. The summed E-state index contributed by atoms with van der Waals surface area (Å²) in [6.07, 6.45) is -0.865. The van der Waals surface area contributed by atoms with Crippen LogP contribution in [0.2, 0.25) is 0 Å².